The zero-order valence-corrected chi connectivity index (χ0v) is 17.8. The van der Waals surface area contributed by atoms with Crippen LogP contribution in [0.15, 0.2) is 0 Å². The lowest BCUT2D eigenvalue weighted by atomic mass is 9.74. The van der Waals surface area contributed by atoms with Gasteiger partial charge in [0.1, 0.15) is 5.60 Å². The standard InChI is InChI=1S/C21H35NO6/c1-6-27-19(25)21(9-11-26-12-10-21)14(2)22-17(23)15-7-8-16(13-15)18(24)28-20(3,4)5/h14-16H,6-13H2,1-5H3,(H,22,23)/t14?,15-,16+/m1/s1. The fraction of sp³-hybridized carbons (Fsp3) is 0.857. The molecule has 0 bridgehead atoms. The highest BCUT2D eigenvalue weighted by Crippen LogP contribution is 2.37. The van der Waals surface area contributed by atoms with Gasteiger partial charge in [0.05, 0.1) is 17.9 Å². The Balaban J connectivity index is 1.97. The second kappa shape index (κ2) is 9.25. The maximum absolute atomic E-state index is 12.8. The van der Waals surface area contributed by atoms with E-state index in [2.05, 4.69) is 5.32 Å². The van der Waals surface area contributed by atoms with Gasteiger partial charge in [-0.15, -0.1) is 0 Å². The summed E-state index contributed by atoms with van der Waals surface area (Å²) in [7, 11) is 0. The Morgan fingerprint density at radius 1 is 1.14 bits per heavy atom. The smallest absolute Gasteiger partial charge is 0.314 e. The molecule has 2 aliphatic rings. The van der Waals surface area contributed by atoms with Gasteiger partial charge >= 0.3 is 11.9 Å². The van der Waals surface area contributed by atoms with Crippen LogP contribution in [-0.2, 0) is 28.6 Å². The normalized spacial score (nSPS) is 25.6. The van der Waals surface area contributed by atoms with Gasteiger partial charge in [-0.2, -0.15) is 0 Å². The SMILES string of the molecule is CCOC(=O)C1(C(C)NC(=O)[C@@H]2CC[C@H](C(=O)OC(C)(C)C)C2)CCOCC1. The van der Waals surface area contributed by atoms with Crippen molar-refractivity contribution in [1.29, 1.82) is 0 Å². The fourth-order valence-corrected chi connectivity index (χ4v) is 4.11. The van der Waals surface area contributed by atoms with E-state index >= 15 is 0 Å². The van der Waals surface area contributed by atoms with Crippen LogP contribution in [0.25, 0.3) is 0 Å². The van der Waals surface area contributed by atoms with Crippen LogP contribution < -0.4 is 5.32 Å². The number of carbonyl (C=O) groups is 3. The molecule has 1 unspecified atom stereocenters. The van der Waals surface area contributed by atoms with Gasteiger partial charge in [0.25, 0.3) is 0 Å². The first-order valence-corrected chi connectivity index (χ1v) is 10.4. The van der Waals surface area contributed by atoms with E-state index in [1.54, 1.807) is 6.92 Å². The minimum absolute atomic E-state index is 0.103. The summed E-state index contributed by atoms with van der Waals surface area (Å²) in [6.07, 6.45) is 2.84. The molecule has 0 spiro atoms. The van der Waals surface area contributed by atoms with E-state index in [0.29, 0.717) is 51.9 Å². The molecule has 1 aliphatic heterocycles. The highest BCUT2D eigenvalue weighted by atomic mass is 16.6. The summed E-state index contributed by atoms with van der Waals surface area (Å²) < 4.78 is 16.2. The molecule has 1 saturated heterocycles. The van der Waals surface area contributed by atoms with Gasteiger partial charge in [0.2, 0.25) is 5.91 Å². The van der Waals surface area contributed by atoms with E-state index < -0.39 is 11.0 Å². The topological polar surface area (TPSA) is 90.9 Å². The van der Waals surface area contributed by atoms with Crippen LogP contribution in [0.1, 0.15) is 66.7 Å². The van der Waals surface area contributed by atoms with Gasteiger partial charge in [0.15, 0.2) is 0 Å². The molecule has 3 atom stereocenters. The third kappa shape index (κ3) is 5.46. The van der Waals surface area contributed by atoms with Crippen LogP contribution in [0.4, 0.5) is 0 Å². The number of rotatable bonds is 6. The van der Waals surface area contributed by atoms with Crippen molar-refractivity contribution in [3.8, 4) is 0 Å². The van der Waals surface area contributed by atoms with Gasteiger partial charge in [-0.3, -0.25) is 14.4 Å². The third-order valence-electron chi connectivity index (χ3n) is 5.80. The monoisotopic (exact) mass is 397 g/mol. The molecule has 1 amide bonds. The minimum Gasteiger partial charge on any atom is -0.466 e. The lowest BCUT2D eigenvalue weighted by Crippen LogP contribution is -2.54. The van der Waals surface area contributed by atoms with Crippen LogP contribution in [0.3, 0.4) is 0 Å². The van der Waals surface area contributed by atoms with E-state index in [0.717, 1.165) is 0 Å². The first-order chi connectivity index (χ1) is 13.1. The Morgan fingerprint density at radius 3 is 2.32 bits per heavy atom. The number of carbonyl (C=O) groups excluding carboxylic acids is 3. The molecule has 2 fully saturated rings. The Bertz CT molecular complexity index is 576. The number of ether oxygens (including phenoxy) is 3. The zero-order valence-electron chi connectivity index (χ0n) is 17.8. The van der Waals surface area contributed by atoms with Crippen molar-refractivity contribution < 1.29 is 28.6 Å². The summed E-state index contributed by atoms with van der Waals surface area (Å²) >= 11 is 0. The predicted molar refractivity (Wildman–Crippen MR) is 103 cm³/mol. The van der Waals surface area contributed by atoms with E-state index in [1.807, 2.05) is 27.7 Å². The van der Waals surface area contributed by atoms with Crippen LogP contribution in [0.2, 0.25) is 0 Å². The summed E-state index contributed by atoms with van der Waals surface area (Å²) in [6, 6.07) is -0.358. The van der Waals surface area contributed by atoms with Crippen LogP contribution in [0, 0.1) is 17.3 Å². The second-order valence-corrected chi connectivity index (χ2v) is 8.96. The zero-order chi connectivity index (χ0) is 20.9. The first-order valence-electron chi connectivity index (χ1n) is 10.4. The third-order valence-corrected chi connectivity index (χ3v) is 5.80. The molecule has 0 aromatic rings. The van der Waals surface area contributed by atoms with Crippen LogP contribution >= 0.6 is 0 Å². The average Bonchev–Trinajstić information content (AvgIpc) is 3.11. The van der Waals surface area contributed by atoms with Crippen molar-refractivity contribution >= 4 is 17.8 Å². The van der Waals surface area contributed by atoms with Gasteiger partial charge < -0.3 is 19.5 Å². The summed E-state index contributed by atoms with van der Waals surface area (Å²) in [5, 5.41) is 3.03. The van der Waals surface area contributed by atoms with Gasteiger partial charge in [-0.05, 0) is 66.7 Å². The van der Waals surface area contributed by atoms with Gasteiger partial charge in [0, 0.05) is 25.2 Å². The molecule has 7 heteroatoms. The molecule has 2 rings (SSSR count). The molecule has 160 valence electrons. The maximum atomic E-state index is 12.8. The molecule has 28 heavy (non-hydrogen) atoms. The molecule has 0 aromatic heterocycles. The molecule has 1 N–H and O–H groups in total. The number of hydrogen-bond acceptors (Lipinski definition) is 6. The molecule has 0 radical (unpaired) electrons. The molecule has 1 aliphatic carbocycles. The van der Waals surface area contributed by atoms with E-state index in [-0.39, 0.29) is 35.7 Å². The maximum Gasteiger partial charge on any atom is 0.314 e. The molecular weight excluding hydrogens is 362 g/mol. The highest BCUT2D eigenvalue weighted by Gasteiger charge is 2.47. The molecule has 1 saturated carbocycles. The summed E-state index contributed by atoms with van der Waals surface area (Å²) in [5.41, 5.74) is -1.28. The van der Waals surface area contributed by atoms with Crippen LogP contribution in [-0.4, -0.2) is 49.3 Å². The Labute approximate surface area is 167 Å². The number of hydrogen-bond donors (Lipinski definition) is 1. The van der Waals surface area contributed by atoms with E-state index in [4.69, 9.17) is 14.2 Å². The van der Waals surface area contributed by atoms with E-state index in [1.165, 1.54) is 0 Å². The average molecular weight is 398 g/mol. The lowest BCUT2D eigenvalue weighted by molar-refractivity contribution is -0.164. The molecule has 0 aromatic carbocycles. The van der Waals surface area contributed by atoms with Crippen molar-refractivity contribution in [3.05, 3.63) is 0 Å². The minimum atomic E-state index is -0.757. The lowest BCUT2D eigenvalue weighted by Gasteiger charge is -2.40. The first kappa shape index (κ1) is 22.7. The van der Waals surface area contributed by atoms with Crippen LogP contribution in [0.5, 0.6) is 0 Å². The summed E-state index contributed by atoms with van der Waals surface area (Å²) in [5.74, 6) is -1.09. The summed E-state index contributed by atoms with van der Waals surface area (Å²) in [4.78, 5) is 37.8. The van der Waals surface area contributed by atoms with Gasteiger partial charge in [-0.1, -0.05) is 0 Å². The van der Waals surface area contributed by atoms with Crippen molar-refractivity contribution in [1.82, 2.24) is 5.32 Å². The quantitative estimate of drug-likeness (QED) is 0.693. The highest BCUT2D eigenvalue weighted by molar-refractivity contribution is 5.83. The van der Waals surface area contributed by atoms with E-state index in [9.17, 15) is 14.4 Å². The Kier molecular flexibility index (Phi) is 7.48. The summed E-state index contributed by atoms with van der Waals surface area (Å²) in [6.45, 7) is 10.4. The second-order valence-electron chi connectivity index (χ2n) is 8.96. The van der Waals surface area contributed by atoms with Gasteiger partial charge in [-0.25, -0.2) is 0 Å². The Morgan fingerprint density at radius 2 is 1.75 bits per heavy atom. The largest absolute Gasteiger partial charge is 0.466 e. The fourth-order valence-electron chi connectivity index (χ4n) is 4.11. The van der Waals surface area contributed by atoms with Crippen molar-refractivity contribution in [2.24, 2.45) is 17.3 Å². The molecular formula is C21H35NO6. The van der Waals surface area contributed by atoms with Crippen molar-refractivity contribution in [2.75, 3.05) is 19.8 Å². The predicted octanol–water partition coefficient (Wildman–Crippen LogP) is 2.61. The number of esters is 2. The number of amides is 1. The molecule has 7 nitrogen and oxygen atoms in total. The van der Waals surface area contributed by atoms with Crippen molar-refractivity contribution in [3.63, 3.8) is 0 Å². The van der Waals surface area contributed by atoms with Crippen molar-refractivity contribution in [2.45, 2.75) is 78.4 Å². The Hall–Kier alpha value is -1.63. The molecule has 1 heterocycles. The number of nitrogens with one attached hydrogen (secondary N) is 1.